The number of fused-ring (bicyclic) bond motifs is 1. The van der Waals surface area contributed by atoms with Gasteiger partial charge in [0, 0.05) is 23.0 Å². The van der Waals surface area contributed by atoms with E-state index in [4.69, 9.17) is 14.9 Å². The highest BCUT2D eigenvalue weighted by Crippen LogP contribution is 2.46. The molecule has 1 unspecified atom stereocenters. The Hall–Kier alpha value is -1.38. The largest absolute Gasteiger partial charge is 0.443 e. The normalized spacial score (nSPS) is 19.6. The third kappa shape index (κ3) is 5.08. The number of hydrogen-bond donors (Lipinski definition) is 1. The molecular formula is C22H35BrN2O4Si. The SMILES string of the molecule is CC(C)(C)OC(=O)N1CC(C)(CO[Si](C)(C)C(C)(C)C)c2cc(Br)cc(C(N)=O)c21. The molecule has 8 heteroatoms. The van der Waals surface area contributed by atoms with Crippen molar-refractivity contribution in [3.05, 3.63) is 27.7 Å². The van der Waals surface area contributed by atoms with Crippen LogP contribution in [0.2, 0.25) is 18.1 Å². The molecule has 30 heavy (non-hydrogen) atoms. The summed E-state index contributed by atoms with van der Waals surface area (Å²) in [6.07, 6.45) is -0.496. The number of hydrogen-bond acceptors (Lipinski definition) is 4. The molecule has 0 radical (unpaired) electrons. The molecule has 1 aromatic carbocycles. The van der Waals surface area contributed by atoms with Crippen molar-refractivity contribution in [2.45, 2.75) is 77.6 Å². The Labute approximate surface area is 189 Å². The quantitative estimate of drug-likeness (QED) is 0.548. The zero-order valence-electron chi connectivity index (χ0n) is 19.6. The fourth-order valence-electron chi connectivity index (χ4n) is 3.20. The molecule has 0 fully saturated rings. The Morgan fingerprint density at radius 1 is 1.20 bits per heavy atom. The van der Waals surface area contributed by atoms with Crippen LogP contribution in [-0.2, 0) is 14.6 Å². The van der Waals surface area contributed by atoms with E-state index in [0.29, 0.717) is 24.4 Å². The molecule has 0 spiro atoms. The minimum absolute atomic E-state index is 0.0608. The Bertz CT molecular complexity index is 858. The average molecular weight is 500 g/mol. The van der Waals surface area contributed by atoms with E-state index in [2.05, 4.69) is 56.7 Å². The van der Waals surface area contributed by atoms with Gasteiger partial charge in [-0.2, -0.15) is 0 Å². The molecule has 2 N–H and O–H groups in total. The summed E-state index contributed by atoms with van der Waals surface area (Å²) < 4.78 is 12.9. The highest BCUT2D eigenvalue weighted by Gasteiger charge is 2.47. The van der Waals surface area contributed by atoms with Gasteiger partial charge in [-0.25, -0.2) is 4.79 Å². The molecule has 1 aliphatic heterocycles. The third-order valence-electron chi connectivity index (χ3n) is 5.94. The predicted molar refractivity (Wildman–Crippen MR) is 127 cm³/mol. The van der Waals surface area contributed by atoms with Gasteiger partial charge in [0.15, 0.2) is 8.32 Å². The van der Waals surface area contributed by atoms with Crippen molar-refractivity contribution in [3.63, 3.8) is 0 Å². The lowest BCUT2D eigenvalue weighted by atomic mass is 9.85. The second-order valence-corrected chi connectivity index (χ2v) is 16.6. The second kappa shape index (κ2) is 7.95. The van der Waals surface area contributed by atoms with Crippen molar-refractivity contribution in [3.8, 4) is 0 Å². The van der Waals surface area contributed by atoms with E-state index in [9.17, 15) is 9.59 Å². The van der Waals surface area contributed by atoms with Gasteiger partial charge in [-0.15, -0.1) is 0 Å². The average Bonchev–Trinajstić information content (AvgIpc) is 2.83. The summed E-state index contributed by atoms with van der Waals surface area (Å²) >= 11 is 3.49. The van der Waals surface area contributed by atoms with Crippen LogP contribution >= 0.6 is 15.9 Å². The summed E-state index contributed by atoms with van der Waals surface area (Å²) in [5.74, 6) is -0.587. The summed E-state index contributed by atoms with van der Waals surface area (Å²) in [5.41, 5.74) is 6.18. The number of rotatable bonds is 4. The smallest absolute Gasteiger partial charge is 0.414 e. The van der Waals surface area contributed by atoms with Gasteiger partial charge >= 0.3 is 6.09 Å². The lowest BCUT2D eigenvalue weighted by Gasteiger charge is -2.39. The van der Waals surface area contributed by atoms with E-state index in [1.54, 1.807) is 6.07 Å². The zero-order valence-corrected chi connectivity index (χ0v) is 22.2. The van der Waals surface area contributed by atoms with Crippen molar-refractivity contribution >= 4 is 41.9 Å². The van der Waals surface area contributed by atoms with Crippen molar-refractivity contribution < 1.29 is 18.8 Å². The van der Waals surface area contributed by atoms with Gasteiger partial charge in [0.25, 0.3) is 5.91 Å². The van der Waals surface area contributed by atoms with E-state index in [0.717, 1.165) is 10.0 Å². The number of nitrogens with two attached hydrogens (primary N) is 1. The lowest BCUT2D eigenvalue weighted by molar-refractivity contribution is 0.0575. The molecule has 0 saturated heterocycles. The van der Waals surface area contributed by atoms with E-state index in [-0.39, 0.29) is 5.04 Å². The topological polar surface area (TPSA) is 81.9 Å². The molecule has 1 atom stereocenters. The summed E-state index contributed by atoms with van der Waals surface area (Å²) in [4.78, 5) is 26.8. The Morgan fingerprint density at radius 2 is 1.77 bits per heavy atom. The predicted octanol–water partition coefficient (Wildman–Crippen LogP) is 5.58. The van der Waals surface area contributed by atoms with Gasteiger partial charge < -0.3 is 14.9 Å². The summed E-state index contributed by atoms with van der Waals surface area (Å²) in [5, 5.41) is 0.0608. The molecule has 1 aromatic rings. The molecule has 0 aromatic heterocycles. The number of primary amides is 1. The monoisotopic (exact) mass is 498 g/mol. The molecule has 0 saturated carbocycles. The fourth-order valence-corrected chi connectivity index (χ4v) is 4.77. The van der Waals surface area contributed by atoms with Crippen molar-refractivity contribution in [2.75, 3.05) is 18.1 Å². The highest BCUT2D eigenvalue weighted by molar-refractivity contribution is 9.10. The van der Waals surface area contributed by atoms with Crippen molar-refractivity contribution in [2.24, 2.45) is 5.73 Å². The fraction of sp³-hybridized carbons (Fsp3) is 0.636. The first kappa shape index (κ1) is 24.9. The van der Waals surface area contributed by atoms with Crippen LogP contribution in [0.15, 0.2) is 16.6 Å². The van der Waals surface area contributed by atoms with Crippen LogP contribution in [-0.4, -0.2) is 39.1 Å². The number of benzene rings is 1. The lowest BCUT2D eigenvalue weighted by Crippen LogP contribution is -2.46. The van der Waals surface area contributed by atoms with Gasteiger partial charge in [-0.05, 0) is 56.6 Å². The number of anilines is 1. The van der Waals surface area contributed by atoms with E-state index >= 15 is 0 Å². The van der Waals surface area contributed by atoms with Crippen molar-refractivity contribution in [1.82, 2.24) is 0 Å². The number of halogens is 1. The minimum atomic E-state index is -2.02. The maximum absolute atomic E-state index is 13.0. The van der Waals surface area contributed by atoms with Crippen LogP contribution in [0.3, 0.4) is 0 Å². The highest BCUT2D eigenvalue weighted by atomic mass is 79.9. The number of ether oxygens (including phenoxy) is 1. The van der Waals surface area contributed by atoms with Crippen LogP contribution in [0.5, 0.6) is 0 Å². The number of amides is 2. The minimum Gasteiger partial charge on any atom is -0.443 e. The standard InChI is InChI=1S/C22H35BrN2O4Si/c1-20(2,3)29-19(27)25-12-22(7,13-28-30(8,9)21(4,5)6)16-11-14(23)10-15(17(16)25)18(24)26/h10-11H,12-13H2,1-9H3,(H2,24,26). The van der Waals surface area contributed by atoms with Crippen molar-refractivity contribution in [1.29, 1.82) is 0 Å². The number of carbonyl (C=O) groups is 2. The first-order chi connectivity index (χ1) is 13.4. The number of nitrogens with zero attached hydrogens (tertiary/aromatic N) is 1. The molecule has 168 valence electrons. The first-order valence-electron chi connectivity index (χ1n) is 10.2. The summed E-state index contributed by atoms with van der Waals surface area (Å²) in [7, 11) is -2.02. The summed E-state index contributed by atoms with van der Waals surface area (Å²) in [6, 6.07) is 3.60. The molecule has 1 aliphatic rings. The van der Waals surface area contributed by atoms with Gasteiger partial charge in [0.1, 0.15) is 5.60 Å². The second-order valence-electron chi connectivity index (χ2n) is 10.9. The Kier molecular flexibility index (Phi) is 6.59. The molecule has 6 nitrogen and oxygen atoms in total. The number of carbonyl (C=O) groups excluding carboxylic acids is 2. The molecule has 2 rings (SSSR count). The summed E-state index contributed by atoms with van der Waals surface area (Å²) in [6.45, 7) is 19.3. The van der Waals surface area contributed by atoms with Crippen LogP contribution < -0.4 is 10.6 Å². The Morgan fingerprint density at radius 3 is 2.23 bits per heavy atom. The molecule has 0 bridgehead atoms. The zero-order chi connectivity index (χ0) is 23.3. The van der Waals surface area contributed by atoms with E-state index in [1.807, 2.05) is 26.8 Å². The maximum Gasteiger partial charge on any atom is 0.414 e. The van der Waals surface area contributed by atoms with Crippen LogP contribution in [0.1, 0.15) is 64.4 Å². The maximum atomic E-state index is 13.0. The molecule has 1 heterocycles. The first-order valence-corrected chi connectivity index (χ1v) is 13.9. The van der Waals surface area contributed by atoms with Gasteiger partial charge in [0.05, 0.1) is 11.3 Å². The Balaban J connectivity index is 2.54. The van der Waals surface area contributed by atoms with Crippen LogP contribution in [0, 0.1) is 0 Å². The molecule has 0 aliphatic carbocycles. The van der Waals surface area contributed by atoms with Crippen LogP contribution in [0.4, 0.5) is 10.5 Å². The van der Waals surface area contributed by atoms with E-state index < -0.39 is 31.3 Å². The molecule has 2 amide bonds. The van der Waals surface area contributed by atoms with Gasteiger partial charge in [-0.1, -0.05) is 43.6 Å². The van der Waals surface area contributed by atoms with Gasteiger partial charge in [-0.3, -0.25) is 9.69 Å². The van der Waals surface area contributed by atoms with Gasteiger partial charge in [0.2, 0.25) is 0 Å². The molecular weight excluding hydrogens is 464 g/mol. The third-order valence-corrected chi connectivity index (χ3v) is 10.9. The van der Waals surface area contributed by atoms with Crippen LogP contribution in [0.25, 0.3) is 0 Å². The van der Waals surface area contributed by atoms with E-state index in [1.165, 1.54) is 4.90 Å².